The summed E-state index contributed by atoms with van der Waals surface area (Å²) in [6.45, 7) is 3.06. The third-order valence-electron chi connectivity index (χ3n) is 5.42. The highest BCUT2D eigenvalue weighted by atomic mass is 35.5. The van der Waals surface area contributed by atoms with Crippen molar-refractivity contribution in [1.82, 2.24) is 25.3 Å². The molecule has 150 valence electrons. The Kier molecular flexibility index (Phi) is 9.75. The van der Waals surface area contributed by atoms with Crippen molar-refractivity contribution < 1.29 is 4.79 Å². The SMILES string of the molecule is CNC(C(=O)NCC1(N2CCSCC2)CCCC1)c1cnn(C)c1.Cl.Cl. The van der Waals surface area contributed by atoms with Crippen LogP contribution in [0.15, 0.2) is 12.4 Å². The van der Waals surface area contributed by atoms with E-state index in [0.29, 0.717) is 0 Å². The summed E-state index contributed by atoms with van der Waals surface area (Å²) in [4.78, 5) is 15.4. The first-order chi connectivity index (χ1) is 11.6. The Morgan fingerprint density at radius 1 is 1.31 bits per heavy atom. The Labute approximate surface area is 173 Å². The van der Waals surface area contributed by atoms with Crippen LogP contribution in [-0.4, -0.2) is 64.3 Å². The van der Waals surface area contributed by atoms with Gasteiger partial charge in [0, 0.05) is 55.5 Å². The van der Waals surface area contributed by atoms with Crippen molar-refractivity contribution in [2.75, 3.05) is 38.2 Å². The number of aryl methyl sites for hydroxylation is 1. The molecule has 1 unspecified atom stereocenters. The van der Waals surface area contributed by atoms with E-state index in [0.717, 1.165) is 25.2 Å². The van der Waals surface area contributed by atoms with Crippen molar-refractivity contribution in [3.63, 3.8) is 0 Å². The number of likely N-dealkylation sites (N-methyl/N-ethyl adjacent to an activating group) is 1. The van der Waals surface area contributed by atoms with Gasteiger partial charge in [-0.2, -0.15) is 16.9 Å². The van der Waals surface area contributed by atoms with Crippen LogP contribution in [0, 0.1) is 0 Å². The molecule has 1 aromatic heterocycles. The molecular formula is C17H31Cl2N5OS. The van der Waals surface area contributed by atoms with E-state index in [1.807, 2.05) is 32.1 Å². The zero-order valence-corrected chi connectivity index (χ0v) is 18.0. The van der Waals surface area contributed by atoms with E-state index in [1.165, 1.54) is 37.2 Å². The second-order valence-electron chi connectivity index (χ2n) is 6.92. The molecule has 2 N–H and O–H groups in total. The van der Waals surface area contributed by atoms with Crippen LogP contribution in [0.3, 0.4) is 0 Å². The molecule has 2 fully saturated rings. The summed E-state index contributed by atoms with van der Waals surface area (Å²) in [6, 6.07) is -0.339. The second-order valence-corrected chi connectivity index (χ2v) is 8.14. The molecule has 0 aromatic carbocycles. The van der Waals surface area contributed by atoms with Crippen LogP contribution in [0.25, 0.3) is 0 Å². The number of carbonyl (C=O) groups is 1. The van der Waals surface area contributed by atoms with Crippen LogP contribution >= 0.6 is 36.6 Å². The standard InChI is InChI=1S/C17H29N5OS.2ClH/c1-18-15(14-11-20-21(2)12-14)16(23)19-13-17(5-3-4-6-17)22-7-9-24-10-8-22;;/h11-12,15,18H,3-10,13H2,1-2H3,(H,19,23);2*1H. The van der Waals surface area contributed by atoms with Crippen LogP contribution in [0.5, 0.6) is 0 Å². The molecular weight excluding hydrogens is 393 g/mol. The lowest BCUT2D eigenvalue weighted by Gasteiger charge is -2.43. The van der Waals surface area contributed by atoms with Crippen molar-refractivity contribution in [2.45, 2.75) is 37.3 Å². The van der Waals surface area contributed by atoms with Crippen molar-refractivity contribution in [3.8, 4) is 0 Å². The summed E-state index contributed by atoms with van der Waals surface area (Å²) < 4.78 is 1.73. The summed E-state index contributed by atoms with van der Waals surface area (Å²) in [5, 5.41) is 10.5. The number of hydrogen-bond donors (Lipinski definition) is 2. The third kappa shape index (κ3) is 5.29. The number of aromatic nitrogens is 2. The minimum absolute atomic E-state index is 0. The lowest BCUT2D eigenvalue weighted by molar-refractivity contribution is -0.123. The predicted molar refractivity (Wildman–Crippen MR) is 113 cm³/mol. The number of rotatable bonds is 6. The number of nitrogens with one attached hydrogen (secondary N) is 2. The van der Waals surface area contributed by atoms with Gasteiger partial charge >= 0.3 is 0 Å². The second kappa shape index (κ2) is 10.8. The van der Waals surface area contributed by atoms with Crippen LogP contribution in [0.1, 0.15) is 37.3 Å². The maximum Gasteiger partial charge on any atom is 0.241 e. The Hall–Kier alpha value is -0.470. The van der Waals surface area contributed by atoms with Gasteiger partial charge in [-0.15, -0.1) is 24.8 Å². The monoisotopic (exact) mass is 423 g/mol. The maximum absolute atomic E-state index is 12.7. The molecule has 2 aliphatic rings. The predicted octanol–water partition coefficient (Wildman–Crippen LogP) is 2.00. The Bertz CT molecular complexity index is 559. The average molecular weight is 424 g/mol. The van der Waals surface area contributed by atoms with E-state index < -0.39 is 0 Å². The summed E-state index contributed by atoms with van der Waals surface area (Å²) in [5.74, 6) is 2.47. The van der Waals surface area contributed by atoms with E-state index in [2.05, 4.69) is 20.6 Å². The number of amides is 1. The summed E-state index contributed by atoms with van der Waals surface area (Å²) in [6.07, 6.45) is 8.61. The van der Waals surface area contributed by atoms with Gasteiger partial charge in [0.2, 0.25) is 5.91 Å². The van der Waals surface area contributed by atoms with Gasteiger partial charge in [-0.1, -0.05) is 12.8 Å². The Morgan fingerprint density at radius 2 is 1.96 bits per heavy atom. The Morgan fingerprint density at radius 3 is 2.50 bits per heavy atom. The lowest BCUT2D eigenvalue weighted by atomic mass is 9.94. The number of carbonyl (C=O) groups excluding carboxylic acids is 1. The molecule has 0 bridgehead atoms. The molecule has 6 nitrogen and oxygen atoms in total. The fourth-order valence-corrected chi connectivity index (χ4v) is 4.97. The minimum Gasteiger partial charge on any atom is -0.353 e. The fourth-order valence-electron chi connectivity index (χ4n) is 4.07. The zero-order chi connectivity index (χ0) is 17.0. The third-order valence-corrected chi connectivity index (χ3v) is 6.36. The molecule has 0 spiro atoms. The van der Waals surface area contributed by atoms with Crippen molar-refractivity contribution in [2.24, 2.45) is 7.05 Å². The Balaban J connectivity index is 0.00000169. The lowest BCUT2D eigenvalue weighted by Crippen LogP contribution is -2.57. The summed E-state index contributed by atoms with van der Waals surface area (Å²) >= 11 is 2.04. The molecule has 1 aliphatic carbocycles. The molecule has 2 heterocycles. The van der Waals surface area contributed by atoms with Crippen LogP contribution < -0.4 is 10.6 Å². The van der Waals surface area contributed by atoms with Crippen molar-refractivity contribution in [3.05, 3.63) is 18.0 Å². The van der Waals surface area contributed by atoms with Crippen LogP contribution in [0.2, 0.25) is 0 Å². The largest absolute Gasteiger partial charge is 0.353 e. The molecule has 1 saturated heterocycles. The number of nitrogens with zero attached hydrogens (tertiary/aromatic N) is 3. The molecule has 1 aliphatic heterocycles. The van der Waals surface area contributed by atoms with Crippen LogP contribution in [-0.2, 0) is 11.8 Å². The highest BCUT2D eigenvalue weighted by molar-refractivity contribution is 7.99. The average Bonchev–Trinajstić information content (AvgIpc) is 3.25. The van der Waals surface area contributed by atoms with Gasteiger partial charge in [0.25, 0.3) is 0 Å². The quantitative estimate of drug-likeness (QED) is 0.732. The molecule has 26 heavy (non-hydrogen) atoms. The van der Waals surface area contributed by atoms with Crippen molar-refractivity contribution in [1.29, 1.82) is 0 Å². The number of hydrogen-bond acceptors (Lipinski definition) is 5. The zero-order valence-electron chi connectivity index (χ0n) is 15.6. The van der Waals surface area contributed by atoms with Gasteiger partial charge in [-0.25, -0.2) is 0 Å². The van der Waals surface area contributed by atoms with Gasteiger partial charge in [0.05, 0.1) is 6.20 Å². The molecule has 9 heteroatoms. The van der Waals surface area contributed by atoms with Gasteiger partial charge in [0.15, 0.2) is 0 Å². The number of thioether (sulfide) groups is 1. The van der Waals surface area contributed by atoms with E-state index in [-0.39, 0.29) is 42.3 Å². The maximum atomic E-state index is 12.7. The first kappa shape index (κ1) is 23.6. The van der Waals surface area contributed by atoms with Crippen molar-refractivity contribution >= 4 is 42.5 Å². The molecule has 1 atom stereocenters. The van der Waals surface area contributed by atoms with Gasteiger partial charge < -0.3 is 10.6 Å². The van der Waals surface area contributed by atoms with Crippen LogP contribution in [0.4, 0.5) is 0 Å². The van der Waals surface area contributed by atoms with Gasteiger partial charge in [-0.3, -0.25) is 14.4 Å². The topological polar surface area (TPSA) is 62.2 Å². The normalized spacial score (nSPS) is 20.7. The van der Waals surface area contributed by atoms with E-state index in [4.69, 9.17) is 0 Å². The highest BCUT2D eigenvalue weighted by Crippen LogP contribution is 2.36. The fraction of sp³-hybridized carbons (Fsp3) is 0.765. The molecule has 3 rings (SSSR count). The first-order valence-corrected chi connectivity index (χ1v) is 10.1. The summed E-state index contributed by atoms with van der Waals surface area (Å²) in [7, 11) is 3.69. The highest BCUT2D eigenvalue weighted by Gasteiger charge is 2.40. The van der Waals surface area contributed by atoms with E-state index in [1.54, 1.807) is 10.9 Å². The molecule has 0 radical (unpaired) electrons. The molecule has 1 saturated carbocycles. The smallest absolute Gasteiger partial charge is 0.241 e. The molecule has 1 aromatic rings. The number of halogens is 2. The minimum atomic E-state index is -0.339. The first-order valence-electron chi connectivity index (χ1n) is 8.91. The summed E-state index contributed by atoms with van der Waals surface area (Å²) in [5.41, 5.74) is 1.08. The van der Waals surface area contributed by atoms with E-state index >= 15 is 0 Å². The molecule has 1 amide bonds. The van der Waals surface area contributed by atoms with Gasteiger partial charge in [-0.05, 0) is 19.9 Å². The van der Waals surface area contributed by atoms with Gasteiger partial charge in [0.1, 0.15) is 6.04 Å². The van der Waals surface area contributed by atoms with E-state index in [9.17, 15) is 4.79 Å².